The molecular weight excluding hydrogens is 352 g/mol. The summed E-state index contributed by atoms with van der Waals surface area (Å²) in [5, 5.41) is 4.48. The predicted molar refractivity (Wildman–Crippen MR) is 103 cm³/mol. The molecular formula is C20H21ClN2O3. The predicted octanol–water partition coefficient (Wildman–Crippen LogP) is 4.13. The summed E-state index contributed by atoms with van der Waals surface area (Å²) < 4.78 is 12.6. The van der Waals surface area contributed by atoms with Crippen LogP contribution < -0.4 is 14.8 Å². The van der Waals surface area contributed by atoms with Crippen molar-refractivity contribution in [1.29, 1.82) is 0 Å². The van der Waals surface area contributed by atoms with Gasteiger partial charge in [-0.2, -0.15) is 0 Å². The van der Waals surface area contributed by atoms with E-state index in [4.69, 9.17) is 21.1 Å². The normalized spacial score (nSPS) is 10.7. The third kappa shape index (κ3) is 3.78. The molecule has 0 saturated heterocycles. The highest BCUT2D eigenvalue weighted by atomic mass is 35.5. The molecule has 0 radical (unpaired) electrons. The lowest BCUT2D eigenvalue weighted by Gasteiger charge is -2.12. The van der Waals surface area contributed by atoms with E-state index in [1.807, 2.05) is 12.1 Å². The fraction of sp³-hybridized carbons (Fsp3) is 0.250. The Kier molecular flexibility index (Phi) is 5.68. The van der Waals surface area contributed by atoms with E-state index in [2.05, 4.69) is 34.3 Å². The first kappa shape index (κ1) is 18.1. The fourth-order valence-electron chi connectivity index (χ4n) is 2.94. The van der Waals surface area contributed by atoms with Crippen LogP contribution in [0.15, 0.2) is 48.7 Å². The van der Waals surface area contributed by atoms with Crippen LogP contribution in [0.5, 0.6) is 11.5 Å². The molecule has 0 aliphatic rings. The minimum Gasteiger partial charge on any atom is -0.493 e. The second-order valence-electron chi connectivity index (χ2n) is 5.87. The van der Waals surface area contributed by atoms with Gasteiger partial charge in [0.05, 0.1) is 19.2 Å². The number of aromatic nitrogens is 1. The fourth-order valence-corrected chi connectivity index (χ4v) is 3.23. The summed E-state index contributed by atoms with van der Waals surface area (Å²) in [6, 6.07) is 13.5. The second-order valence-corrected chi connectivity index (χ2v) is 6.28. The number of halogens is 1. The van der Waals surface area contributed by atoms with Crippen LogP contribution in [-0.2, 0) is 6.54 Å². The van der Waals surface area contributed by atoms with Crippen LogP contribution in [0.25, 0.3) is 10.9 Å². The Hall–Kier alpha value is -2.66. The van der Waals surface area contributed by atoms with Gasteiger partial charge < -0.3 is 19.4 Å². The summed E-state index contributed by atoms with van der Waals surface area (Å²) in [4.78, 5) is 12.4. The van der Waals surface area contributed by atoms with Gasteiger partial charge in [-0.15, -0.1) is 0 Å². The largest absolute Gasteiger partial charge is 0.493 e. The number of aryl methyl sites for hydroxylation is 1. The zero-order valence-electron chi connectivity index (χ0n) is 14.8. The molecule has 0 saturated carbocycles. The summed E-state index contributed by atoms with van der Waals surface area (Å²) in [6.07, 6.45) is 2.89. The van der Waals surface area contributed by atoms with E-state index < -0.39 is 0 Å². The van der Waals surface area contributed by atoms with Crippen molar-refractivity contribution >= 4 is 28.4 Å². The Balaban J connectivity index is 1.58. The standard InChI is InChI=1S/C20H21ClN2O3/c1-25-18-13-15(12-16(21)19(18)26-2)20(24)22-9-5-10-23-11-8-14-6-3-4-7-17(14)23/h3-4,6-8,11-13H,5,9-10H2,1-2H3,(H,22,24). The Labute approximate surface area is 157 Å². The maximum atomic E-state index is 12.4. The molecule has 1 heterocycles. The van der Waals surface area contributed by atoms with Crippen LogP contribution >= 0.6 is 11.6 Å². The molecule has 3 rings (SSSR count). The average molecular weight is 373 g/mol. The van der Waals surface area contributed by atoms with Crippen LogP contribution in [0.1, 0.15) is 16.8 Å². The molecule has 0 unspecified atom stereocenters. The zero-order valence-corrected chi connectivity index (χ0v) is 15.5. The molecule has 5 nitrogen and oxygen atoms in total. The van der Waals surface area contributed by atoms with Gasteiger partial charge in [-0.25, -0.2) is 0 Å². The van der Waals surface area contributed by atoms with Crippen molar-refractivity contribution in [3.8, 4) is 11.5 Å². The van der Waals surface area contributed by atoms with Gasteiger partial charge in [0.1, 0.15) is 0 Å². The summed E-state index contributed by atoms with van der Waals surface area (Å²) in [7, 11) is 3.02. The lowest BCUT2D eigenvalue weighted by Crippen LogP contribution is -2.25. The van der Waals surface area contributed by atoms with Gasteiger partial charge in [0.25, 0.3) is 5.91 Å². The minimum atomic E-state index is -0.190. The number of amides is 1. The van der Waals surface area contributed by atoms with Gasteiger partial charge in [-0.1, -0.05) is 29.8 Å². The Morgan fingerprint density at radius 1 is 1.15 bits per heavy atom. The number of methoxy groups -OCH3 is 2. The van der Waals surface area contributed by atoms with Gasteiger partial charge in [-0.05, 0) is 36.1 Å². The van der Waals surface area contributed by atoms with E-state index in [9.17, 15) is 4.79 Å². The minimum absolute atomic E-state index is 0.190. The quantitative estimate of drug-likeness (QED) is 0.634. The lowest BCUT2D eigenvalue weighted by molar-refractivity contribution is 0.0952. The highest BCUT2D eigenvalue weighted by molar-refractivity contribution is 6.32. The third-order valence-electron chi connectivity index (χ3n) is 4.24. The van der Waals surface area contributed by atoms with Gasteiger partial charge in [-0.3, -0.25) is 4.79 Å². The number of carbonyl (C=O) groups excluding carboxylic acids is 1. The number of ether oxygens (including phenoxy) is 2. The smallest absolute Gasteiger partial charge is 0.251 e. The summed E-state index contributed by atoms with van der Waals surface area (Å²) >= 11 is 6.15. The molecule has 26 heavy (non-hydrogen) atoms. The van der Waals surface area contributed by atoms with Crippen molar-refractivity contribution in [2.75, 3.05) is 20.8 Å². The van der Waals surface area contributed by atoms with Gasteiger partial charge in [0, 0.05) is 30.4 Å². The molecule has 0 atom stereocenters. The van der Waals surface area contributed by atoms with Gasteiger partial charge >= 0.3 is 0 Å². The van der Waals surface area contributed by atoms with E-state index in [1.54, 1.807) is 12.1 Å². The Morgan fingerprint density at radius 2 is 1.96 bits per heavy atom. The molecule has 6 heteroatoms. The molecule has 1 N–H and O–H groups in total. The Bertz CT molecular complexity index is 921. The number of hydrogen-bond donors (Lipinski definition) is 1. The molecule has 0 aliphatic heterocycles. The third-order valence-corrected chi connectivity index (χ3v) is 4.52. The number of para-hydroxylation sites is 1. The van der Waals surface area contributed by atoms with E-state index in [1.165, 1.54) is 25.1 Å². The van der Waals surface area contributed by atoms with Crippen molar-refractivity contribution in [3.05, 3.63) is 59.2 Å². The monoisotopic (exact) mass is 372 g/mol. The number of hydrogen-bond acceptors (Lipinski definition) is 3. The van der Waals surface area contributed by atoms with Crippen molar-refractivity contribution < 1.29 is 14.3 Å². The summed E-state index contributed by atoms with van der Waals surface area (Å²) in [5.74, 6) is 0.666. The molecule has 0 aliphatic carbocycles. The van der Waals surface area contributed by atoms with Crippen LogP contribution in [0.3, 0.4) is 0 Å². The van der Waals surface area contributed by atoms with Gasteiger partial charge in [0.2, 0.25) is 0 Å². The molecule has 136 valence electrons. The van der Waals surface area contributed by atoms with E-state index in [0.29, 0.717) is 28.6 Å². The first-order valence-electron chi connectivity index (χ1n) is 8.37. The number of nitrogens with one attached hydrogen (secondary N) is 1. The summed E-state index contributed by atoms with van der Waals surface area (Å²) in [6.45, 7) is 1.40. The van der Waals surface area contributed by atoms with Crippen molar-refractivity contribution in [2.24, 2.45) is 0 Å². The molecule has 0 fully saturated rings. The molecule has 0 spiro atoms. The summed E-state index contributed by atoms with van der Waals surface area (Å²) in [5.41, 5.74) is 1.64. The van der Waals surface area contributed by atoms with Crippen molar-refractivity contribution in [2.45, 2.75) is 13.0 Å². The van der Waals surface area contributed by atoms with Crippen LogP contribution in [-0.4, -0.2) is 31.2 Å². The topological polar surface area (TPSA) is 52.5 Å². The maximum absolute atomic E-state index is 12.4. The molecule has 3 aromatic rings. The molecule has 2 aromatic carbocycles. The number of carbonyl (C=O) groups is 1. The van der Waals surface area contributed by atoms with Crippen LogP contribution in [0.4, 0.5) is 0 Å². The number of fused-ring (bicyclic) bond motifs is 1. The first-order chi connectivity index (χ1) is 12.6. The maximum Gasteiger partial charge on any atom is 0.251 e. The van der Waals surface area contributed by atoms with Gasteiger partial charge in [0.15, 0.2) is 11.5 Å². The van der Waals surface area contributed by atoms with E-state index in [0.717, 1.165) is 13.0 Å². The van der Waals surface area contributed by atoms with E-state index >= 15 is 0 Å². The molecule has 1 aromatic heterocycles. The second kappa shape index (κ2) is 8.15. The van der Waals surface area contributed by atoms with Crippen molar-refractivity contribution in [1.82, 2.24) is 9.88 Å². The zero-order chi connectivity index (χ0) is 18.5. The SMILES string of the molecule is COc1cc(C(=O)NCCCn2ccc3ccccc32)cc(Cl)c1OC. The average Bonchev–Trinajstić information content (AvgIpc) is 3.07. The Morgan fingerprint density at radius 3 is 2.73 bits per heavy atom. The first-order valence-corrected chi connectivity index (χ1v) is 8.75. The molecule has 1 amide bonds. The number of rotatable bonds is 7. The number of benzene rings is 2. The van der Waals surface area contributed by atoms with Crippen molar-refractivity contribution in [3.63, 3.8) is 0 Å². The highest BCUT2D eigenvalue weighted by Crippen LogP contribution is 2.35. The lowest BCUT2D eigenvalue weighted by atomic mass is 10.2. The highest BCUT2D eigenvalue weighted by Gasteiger charge is 2.15. The van der Waals surface area contributed by atoms with E-state index in [-0.39, 0.29) is 5.91 Å². The van der Waals surface area contributed by atoms with Crippen LogP contribution in [0.2, 0.25) is 5.02 Å². The number of nitrogens with zero attached hydrogens (tertiary/aromatic N) is 1. The molecule has 0 bridgehead atoms. The van der Waals surface area contributed by atoms with Crippen LogP contribution in [0, 0.1) is 0 Å².